The van der Waals surface area contributed by atoms with Crippen LogP contribution in [0, 0.1) is 0 Å². The monoisotopic (exact) mass is 359 g/mol. The predicted molar refractivity (Wildman–Crippen MR) is 95.1 cm³/mol. The first kappa shape index (κ1) is 16.5. The highest BCUT2D eigenvalue weighted by molar-refractivity contribution is 8.00. The Morgan fingerprint density at radius 3 is 2.54 bits per heavy atom. The molecular formula is C17H14ClN3O2S. The summed E-state index contributed by atoms with van der Waals surface area (Å²) in [6.45, 7) is 1.78. The van der Waals surface area contributed by atoms with E-state index in [1.54, 1.807) is 31.2 Å². The van der Waals surface area contributed by atoms with Gasteiger partial charge in [-0.15, -0.1) is 10.2 Å². The molecule has 0 aliphatic rings. The summed E-state index contributed by atoms with van der Waals surface area (Å²) < 4.78 is 5.60. The van der Waals surface area contributed by atoms with Crippen LogP contribution in [0.2, 0.25) is 5.02 Å². The summed E-state index contributed by atoms with van der Waals surface area (Å²) in [5, 5.41) is 11.4. The van der Waals surface area contributed by atoms with Gasteiger partial charge in [-0.3, -0.25) is 4.79 Å². The van der Waals surface area contributed by atoms with Gasteiger partial charge in [0.2, 0.25) is 11.8 Å². The minimum atomic E-state index is -0.384. The summed E-state index contributed by atoms with van der Waals surface area (Å²) in [6, 6.07) is 16.4. The topological polar surface area (TPSA) is 68.0 Å². The molecule has 3 rings (SSSR count). The molecule has 0 fully saturated rings. The molecule has 0 aliphatic heterocycles. The lowest BCUT2D eigenvalue weighted by Crippen LogP contribution is -2.22. The normalized spacial score (nSPS) is 11.9. The Kier molecular flexibility index (Phi) is 5.17. The number of hydrogen-bond acceptors (Lipinski definition) is 5. The standard InChI is InChI=1S/C17H14ClN3O2S/c1-11(15(22)19-14-9-7-13(18)8-10-14)24-17-21-20-16(23-17)12-5-3-2-4-6-12/h2-11H,1H3,(H,19,22). The maximum Gasteiger partial charge on any atom is 0.277 e. The molecule has 3 aromatic rings. The van der Waals surface area contributed by atoms with Crippen LogP contribution in [0.4, 0.5) is 5.69 Å². The van der Waals surface area contributed by atoms with Crippen molar-refractivity contribution in [3.63, 3.8) is 0 Å². The summed E-state index contributed by atoms with van der Waals surface area (Å²) in [4.78, 5) is 12.2. The van der Waals surface area contributed by atoms with Gasteiger partial charge in [-0.2, -0.15) is 0 Å². The Morgan fingerprint density at radius 1 is 1.12 bits per heavy atom. The van der Waals surface area contributed by atoms with Crippen LogP contribution < -0.4 is 5.32 Å². The van der Waals surface area contributed by atoms with E-state index >= 15 is 0 Å². The van der Waals surface area contributed by atoms with Crippen LogP contribution in [0.3, 0.4) is 0 Å². The van der Waals surface area contributed by atoms with Crippen molar-refractivity contribution in [3.05, 3.63) is 59.6 Å². The van der Waals surface area contributed by atoms with Crippen molar-refractivity contribution in [3.8, 4) is 11.5 Å². The fourth-order valence-electron chi connectivity index (χ4n) is 1.94. The predicted octanol–water partition coefficient (Wildman–Crippen LogP) is 4.51. The first-order valence-electron chi connectivity index (χ1n) is 7.24. The number of carbonyl (C=O) groups is 1. The molecule has 0 bridgehead atoms. The van der Waals surface area contributed by atoms with Crippen molar-refractivity contribution in [2.45, 2.75) is 17.4 Å². The number of halogens is 1. The molecule has 0 spiro atoms. The van der Waals surface area contributed by atoms with Crippen molar-refractivity contribution >= 4 is 35.0 Å². The number of amides is 1. The fourth-order valence-corrected chi connectivity index (χ4v) is 2.75. The van der Waals surface area contributed by atoms with Gasteiger partial charge in [-0.1, -0.05) is 41.6 Å². The lowest BCUT2D eigenvalue weighted by Gasteiger charge is -2.09. The molecule has 1 unspecified atom stereocenters. The Bertz CT molecular complexity index is 821. The second-order valence-electron chi connectivity index (χ2n) is 5.00. The SMILES string of the molecule is CC(Sc1nnc(-c2ccccc2)o1)C(=O)Nc1ccc(Cl)cc1. The third-order valence-electron chi connectivity index (χ3n) is 3.19. The van der Waals surface area contributed by atoms with E-state index in [-0.39, 0.29) is 11.2 Å². The number of thioether (sulfide) groups is 1. The van der Waals surface area contributed by atoms with Gasteiger partial charge in [0.15, 0.2) is 0 Å². The maximum atomic E-state index is 12.2. The van der Waals surface area contributed by atoms with E-state index in [1.165, 1.54) is 11.8 Å². The molecule has 7 heteroatoms. The molecule has 0 aliphatic carbocycles. The van der Waals surface area contributed by atoms with Gasteiger partial charge in [-0.05, 0) is 43.3 Å². The smallest absolute Gasteiger partial charge is 0.277 e. The zero-order valence-corrected chi connectivity index (χ0v) is 14.3. The van der Waals surface area contributed by atoms with Crippen LogP contribution in [-0.2, 0) is 4.79 Å². The van der Waals surface area contributed by atoms with E-state index in [0.29, 0.717) is 21.8 Å². The number of anilines is 1. The Balaban J connectivity index is 1.62. The minimum Gasteiger partial charge on any atom is -0.411 e. The highest BCUT2D eigenvalue weighted by Crippen LogP contribution is 2.26. The number of nitrogens with one attached hydrogen (secondary N) is 1. The molecule has 1 aromatic heterocycles. The third kappa shape index (κ3) is 4.15. The summed E-state index contributed by atoms with van der Waals surface area (Å²) in [7, 11) is 0. The summed E-state index contributed by atoms with van der Waals surface area (Å²) in [5.41, 5.74) is 1.53. The van der Waals surface area contributed by atoms with E-state index in [2.05, 4.69) is 15.5 Å². The van der Waals surface area contributed by atoms with Crippen molar-refractivity contribution in [2.75, 3.05) is 5.32 Å². The molecule has 1 N–H and O–H groups in total. The largest absolute Gasteiger partial charge is 0.411 e. The molecule has 5 nitrogen and oxygen atoms in total. The van der Waals surface area contributed by atoms with Crippen LogP contribution in [0.5, 0.6) is 0 Å². The van der Waals surface area contributed by atoms with Crippen LogP contribution in [0.25, 0.3) is 11.5 Å². The third-order valence-corrected chi connectivity index (χ3v) is 4.37. The number of benzene rings is 2. The van der Waals surface area contributed by atoms with Crippen LogP contribution in [0.15, 0.2) is 64.2 Å². The van der Waals surface area contributed by atoms with Crippen LogP contribution in [0.1, 0.15) is 6.92 Å². The summed E-state index contributed by atoms with van der Waals surface area (Å²) in [6.07, 6.45) is 0. The van der Waals surface area contributed by atoms with E-state index in [1.807, 2.05) is 30.3 Å². The van der Waals surface area contributed by atoms with Gasteiger partial charge < -0.3 is 9.73 Å². The maximum absolute atomic E-state index is 12.2. The van der Waals surface area contributed by atoms with E-state index in [4.69, 9.17) is 16.0 Å². The molecule has 1 heterocycles. The lowest BCUT2D eigenvalue weighted by molar-refractivity contribution is -0.115. The Hall–Kier alpha value is -2.31. The molecule has 0 saturated carbocycles. The van der Waals surface area contributed by atoms with Crippen molar-refractivity contribution in [2.24, 2.45) is 0 Å². The van der Waals surface area contributed by atoms with Gasteiger partial charge in [0.05, 0.1) is 5.25 Å². The average Bonchev–Trinajstić information content (AvgIpc) is 3.06. The molecule has 2 aromatic carbocycles. The molecule has 1 amide bonds. The zero-order chi connectivity index (χ0) is 16.9. The first-order chi connectivity index (χ1) is 11.6. The van der Waals surface area contributed by atoms with Crippen molar-refractivity contribution < 1.29 is 9.21 Å². The molecule has 122 valence electrons. The van der Waals surface area contributed by atoms with Gasteiger partial charge in [0.1, 0.15) is 0 Å². The number of rotatable bonds is 5. The fraction of sp³-hybridized carbons (Fsp3) is 0.118. The zero-order valence-electron chi connectivity index (χ0n) is 12.8. The van der Waals surface area contributed by atoms with Crippen molar-refractivity contribution in [1.82, 2.24) is 10.2 Å². The molecule has 24 heavy (non-hydrogen) atoms. The van der Waals surface area contributed by atoms with Gasteiger partial charge in [0, 0.05) is 16.3 Å². The van der Waals surface area contributed by atoms with Gasteiger partial charge in [0.25, 0.3) is 5.22 Å². The Morgan fingerprint density at radius 2 is 1.83 bits per heavy atom. The highest BCUT2D eigenvalue weighted by atomic mass is 35.5. The van der Waals surface area contributed by atoms with Crippen LogP contribution in [-0.4, -0.2) is 21.4 Å². The minimum absolute atomic E-state index is 0.151. The molecular weight excluding hydrogens is 346 g/mol. The quantitative estimate of drug-likeness (QED) is 0.679. The highest BCUT2D eigenvalue weighted by Gasteiger charge is 2.18. The number of nitrogens with zero attached hydrogens (tertiary/aromatic N) is 2. The van der Waals surface area contributed by atoms with Crippen molar-refractivity contribution in [1.29, 1.82) is 0 Å². The first-order valence-corrected chi connectivity index (χ1v) is 8.49. The second kappa shape index (κ2) is 7.51. The van der Waals surface area contributed by atoms with E-state index in [0.717, 1.165) is 5.56 Å². The Labute approximate surface area is 148 Å². The van der Waals surface area contributed by atoms with Gasteiger partial charge >= 0.3 is 0 Å². The lowest BCUT2D eigenvalue weighted by atomic mass is 10.2. The van der Waals surface area contributed by atoms with Crippen LogP contribution >= 0.6 is 23.4 Å². The van der Waals surface area contributed by atoms with E-state index in [9.17, 15) is 4.79 Å². The summed E-state index contributed by atoms with van der Waals surface area (Å²) >= 11 is 7.04. The molecule has 0 radical (unpaired) electrons. The average molecular weight is 360 g/mol. The summed E-state index contributed by atoms with van der Waals surface area (Å²) in [5.74, 6) is 0.283. The molecule has 1 atom stereocenters. The van der Waals surface area contributed by atoms with Gasteiger partial charge in [-0.25, -0.2) is 0 Å². The van der Waals surface area contributed by atoms with E-state index < -0.39 is 0 Å². The molecule has 0 saturated heterocycles. The number of carbonyl (C=O) groups excluding carboxylic acids is 1. The number of hydrogen-bond donors (Lipinski definition) is 1. The number of aromatic nitrogens is 2. The second-order valence-corrected chi connectivity index (χ2v) is 6.72.